The summed E-state index contributed by atoms with van der Waals surface area (Å²) in [5.41, 5.74) is 0.328. The number of hydrogen-bond acceptors (Lipinski definition) is 3. The van der Waals surface area contributed by atoms with Crippen molar-refractivity contribution in [2.24, 2.45) is 5.41 Å². The Morgan fingerprint density at radius 1 is 1.13 bits per heavy atom. The summed E-state index contributed by atoms with van der Waals surface area (Å²) in [5.74, 6) is -0.723. The number of aliphatic carboxylic acids is 1. The highest BCUT2D eigenvalue weighted by atomic mass is 16.4. The van der Waals surface area contributed by atoms with Crippen LogP contribution in [0.15, 0.2) is 0 Å². The van der Waals surface area contributed by atoms with Gasteiger partial charge in [0, 0.05) is 32.7 Å². The zero-order valence-corrected chi connectivity index (χ0v) is 9.99. The van der Waals surface area contributed by atoms with Crippen LogP contribution in [0.3, 0.4) is 0 Å². The number of carboxylic acids is 1. The number of nitrogens with zero attached hydrogens (tertiary/aromatic N) is 2. The zero-order valence-electron chi connectivity index (χ0n) is 9.99. The molecular formula is C11H22N2O2. The molecule has 4 heteroatoms. The molecule has 1 aliphatic heterocycles. The molecule has 0 aliphatic carbocycles. The van der Waals surface area contributed by atoms with Crippen molar-refractivity contribution in [3.05, 3.63) is 0 Å². The summed E-state index contributed by atoms with van der Waals surface area (Å²) in [4.78, 5) is 14.9. The molecule has 1 rings (SSSR count). The molecule has 88 valence electrons. The minimum Gasteiger partial charge on any atom is -0.480 e. The van der Waals surface area contributed by atoms with Crippen molar-refractivity contribution in [3.8, 4) is 0 Å². The highest BCUT2D eigenvalue weighted by Gasteiger charge is 2.22. The van der Waals surface area contributed by atoms with E-state index in [1.54, 1.807) is 0 Å². The molecule has 0 aromatic carbocycles. The lowest BCUT2D eigenvalue weighted by Gasteiger charge is -2.37. The van der Waals surface area contributed by atoms with Crippen LogP contribution in [0, 0.1) is 5.41 Å². The summed E-state index contributed by atoms with van der Waals surface area (Å²) < 4.78 is 0. The van der Waals surface area contributed by atoms with E-state index in [-0.39, 0.29) is 6.54 Å². The summed E-state index contributed by atoms with van der Waals surface area (Å²) in [7, 11) is 0. The fourth-order valence-corrected chi connectivity index (χ4v) is 1.97. The molecule has 1 saturated heterocycles. The average Bonchev–Trinajstić information content (AvgIpc) is 2.05. The second-order valence-electron chi connectivity index (χ2n) is 5.51. The summed E-state index contributed by atoms with van der Waals surface area (Å²) in [6, 6.07) is 0. The summed E-state index contributed by atoms with van der Waals surface area (Å²) in [6.07, 6.45) is 0. The summed E-state index contributed by atoms with van der Waals surface area (Å²) in [6.45, 7) is 11.7. The normalized spacial score (nSPS) is 20.5. The molecule has 0 amide bonds. The first kappa shape index (κ1) is 12.5. The molecule has 4 nitrogen and oxygen atoms in total. The third-order valence-corrected chi connectivity index (χ3v) is 2.52. The highest BCUT2D eigenvalue weighted by Crippen LogP contribution is 2.16. The molecule has 1 heterocycles. The molecule has 1 aliphatic rings. The van der Waals surface area contributed by atoms with Gasteiger partial charge in [-0.3, -0.25) is 9.69 Å². The van der Waals surface area contributed by atoms with Crippen molar-refractivity contribution in [2.45, 2.75) is 20.8 Å². The average molecular weight is 214 g/mol. The van der Waals surface area contributed by atoms with Crippen LogP contribution in [0.4, 0.5) is 0 Å². The van der Waals surface area contributed by atoms with Crippen LogP contribution in [-0.2, 0) is 4.79 Å². The van der Waals surface area contributed by atoms with E-state index in [9.17, 15) is 4.79 Å². The van der Waals surface area contributed by atoms with Crippen LogP contribution in [0.2, 0.25) is 0 Å². The molecule has 0 aromatic heterocycles. The quantitative estimate of drug-likeness (QED) is 0.752. The minimum atomic E-state index is -0.723. The highest BCUT2D eigenvalue weighted by molar-refractivity contribution is 5.69. The maximum absolute atomic E-state index is 10.5. The van der Waals surface area contributed by atoms with Gasteiger partial charge in [-0.2, -0.15) is 0 Å². The zero-order chi connectivity index (χ0) is 11.5. The first-order valence-electron chi connectivity index (χ1n) is 5.53. The summed E-state index contributed by atoms with van der Waals surface area (Å²) >= 11 is 0. The fourth-order valence-electron chi connectivity index (χ4n) is 1.97. The van der Waals surface area contributed by atoms with Crippen LogP contribution >= 0.6 is 0 Å². The van der Waals surface area contributed by atoms with E-state index in [0.29, 0.717) is 5.41 Å². The topological polar surface area (TPSA) is 43.8 Å². The van der Waals surface area contributed by atoms with Crippen molar-refractivity contribution >= 4 is 5.97 Å². The third kappa shape index (κ3) is 5.14. The van der Waals surface area contributed by atoms with Gasteiger partial charge in [-0.05, 0) is 5.41 Å². The Balaban J connectivity index is 2.27. The van der Waals surface area contributed by atoms with E-state index in [1.807, 2.05) is 4.90 Å². The Morgan fingerprint density at radius 3 is 2.00 bits per heavy atom. The SMILES string of the molecule is CC(C)(C)CN1CCN(CC(=O)O)CC1. The molecule has 1 N–H and O–H groups in total. The number of carboxylic acid groups (broad SMARTS) is 1. The van der Waals surface area contributed by atoms with Gasteiger partial charge in [-0.25, -0.2) is 0 Å². The lowest BCUT2D eigenvalue weighted by atomic mass is 9.96. The van der Waals surface area contributed by atoms with Gasteiger partial charge in [0.25, 0.3) is 0 Å². The van der Waals surface area contributed by atoms with Gasteiger partial charge >= 0.3 is 5.97 Å². The van der Waals surface area contributed by atoms with Gasteiger partial charge < -0.3 is 10.0 Å². The number of piperazine rings is 1. The van der Waals surface area contributed by atoms with Crippen molar-refractivity contribution in [1.29, 1.82) is 0 Å². The van der Waals surface area contributed by atoms with Crippen LogP contribution in [0.1, 0.15) is 20.8 Å². The first-order chi connectivity index (χ1) is 6.87. The Hall–Kier alpha value is -0.610. The molecule has 0 radical (unpaired) electrons. The maximum Gasteiger partial charge on any atom is 0.317 e. The molecule has 0 atom stereocenters. The number of hydrogen-bond donors (Lipinski definition) is 1. The van der Waals surface area contributed by atoms with Gasteiger partial charge in [0.05, 0.1) is 6.54 Å². The van der Waals surface area contributed by atoms with E-state index in [0.717, 1.165) is 32.7 Å². The first-order valence-corrected chi connectivity index (χ1v) is 5.53. The van der Waals surface area contributed by atoms with Gasteiger partial charge in [0.1, 0.15) is 0 Å². The predicted molar refractivity (Wildman–Crippen MR) is 60.0 cm³/mol. The maximum atomic E-state index is 10.5. The van der Waals surface area contributed by atoms with Crippen molar-refractivity contribution in [2.75, 3.05) is 39.3 Å². The fraction of sp³-hybridized carbons (Fsp3) is 0.909. The van der Waals surface area contributed by atoms with Crippen LogP contribution in [0.25, 0.3) is 0 Å². The molecule has 1 fully saturated rings. The van der Waals surface area contributed by atoms with Crippen LogP contribution < -0.4 is 0 Å². The van der Waals surface area contributed by atoms with Gasteiger partial charge in [-0.1, -0.05) is 20.8 Å². The third-order valence-electron chi connectivity index (χ3n) is 2.52. The molecule has 0 bridgehead atoms. The lowest BCUT2D eigenvalue weighted by molar-refractivity contribution is -0.138. The lowest BCUT2D eigenvalue weighted by Crippen LogP contribution is -2.49. The van der Waals surface area contributed by atoms with Gasteiger partial charge in [0.15, 0.2) is 0 Å². The van der Waals surface area contributed by atoms with Crippen molar-refractivity contribution < 1.29 is 9.90 Å². The summed E-state index contributed by atoms with van der Waals surface area (Å²) in [5, 5.41) is 8.66. The van der Waals surface area contributed by atoms with E-state index in [2.05, 4.69) is 25.7 Å². The van der Waals surface area contributed by atoms with Gasteiger partial charge in [-0.15, -0.1) is 0 Å². The van der Waals surface area contributed by atoms with E-state index < -0.39 is 5.97 Å². The smallest absolute Gasteiger partial charge is 0.317 e. The second kappa shape index (κ2) is 4.94. The molecular weight excluding hydrogens is 192 g/mol. The Morgan fingerprint density at radius 2 is 1.60 bits per heavy atom. The monoisotopic (exact) mass is 214 g/mol. The Bertz CT molecular complexity index is 215. The molecule has 0 saturated carbocycles. The van der Waals surface area contributed by atoms with Crippen molar-refractivity contribution in [3.63, 3.8) is 0 Å². The standard InChI is InChI=1S/C11H22N2O2/c1-11(2,3)9-13-6-4-12(5-7-13)8-10(14)15/h4-9H2,1-3H3,(H,14,15). The largest absolute Gasteiger partial charge is 0.480 e. The molecule has 0 aromatic rings. The molecule has 15 heavy (non-hydrogen) atoms. The van der Waals surface area contributed by atoms with Crippen LogP contribution in [0.5, 0.6) is 0 Å². The second-order valence-corrected chi connectivity index (χ2v) is 5.51. The minimum absolute atomic E-state index is 0.184. The van der Waals surface area contributed by atoms with E-state index in [4.69, 9.17) is 5.11 Å². The van der Waals surface area contributed by atoms with E-state index in [1.165, 1.54) is 0 Å². The van der Waals surface area contributed by atoms with Crippen molar-refractivity contribution in [1.82, 2.24) is 9.80 Å². The molecule has 0 spiro atoms. The van der Waals surface area contributed by atoms with E-state index >= 15 is 0 Å². The van der Waals surface area contributed by atoms with Crippen LogP contribution in [-0.4, -0.2) is 60.1 Å². The number of carbonyl (C=O) groups is 1. The Kier molecular flexibility index (Phi) is 4.11. The molecule has 0 unspecified atom stereocenters. The predicted octanol–water partition coefficient (Wildman–Crippen LogP) is 0.735. The Labute approximate surface area is 91.9 Å². The number of rotatable bonds is 3. The van der Waals surface area contributed by atoms with Gasteiger partial charge in [0.2, 0.25) is 0 Å².